The first kappa shape index (κ1) is 12.8. The van der Waals surface area contributed by atoms with Crippen molar-refractivity contribution < 1.29 is 9.47 Å². The summed E-state index contributed by atoms with van der Waals surface area (Å²) in [7, 11) is 0. The van der Waals surface area contributed by atoms with E-state index >= 15 is 0 Å². The van der Waals surface area contributed by atoms with Crippen LogP contribution in [0.15, 0.2) is 18.2 Å². The summed E-state index contributed by atoms with van der Waals surface area (Å²) in [5.41, 5.74) is 1.33. The van der Waals surface area contributed by atoms with Crippen LogP contribution in [-0.4, -0.2) is 37.9 Å². The minimum absolute atomic E-state index is 0.346. The smallest absolute Gasteiger partial charge is 0.231 e. The van der Waals surface area contributed by atoms with Crippen molar-refractivity contribution in [2.24, 2.45) is 5.92 Å². The fourth-order valence-corrected chi connectivity index (χ4v) is 3.07. The Labute approximate surface area is 114 Å². The van der Waals surface area contributed by atoms with Gasteiger partial charge in [-0.3, -0.25) is 4.90 Å². The zero-order chi connectivity index (χ0) is 13.2. The molecule has 0 amide bonds. The SMILES string of the molecule is CC(C)C(c1ccc2c(c1)OCO2)N1CCNCC1. The van der Waals surface area contributed by atoms with Crippen molar-refractivity contribution in [2.45, 2.75) is 19.9 Å². The van der Waals surface area contributed by atoms with Gasteiger partial charge in [0.1, 0.15) is 0 Å². The maximum Gasteiger partial charge on any atom is 0.231 e. The molecule has 3 rings (SSSR count). The molecule has 4 nitrogen and oxygen atoms in total. The lowest BCUT2D eigenvalue weighted by atomic mass is 9.93. The van der Waals surface area contributed by atoms with Crippen LogP contribution >= 0.6 is 0 Å². The van der Waals surface area contributed by atoms with Crippen LogP contribution in [0.5, 0.6) is 11.5 Å². The topological polar surface area (TPSA) is 33.7 Å². The molecular formula is C15H22N2O2. The van der Waals surface area contributed by atoms with E-state index in [4.69, 9.17) is 9.47 Å². The Morgan fingerprint density at radius 2 is 1.84 bits per heavy atom. The van der Waals surface area contributed by atoms with Crippen molar-refractivity contribution in [1.82, 2.24) is 10.2 Å². The number of fused-ring (bicyclic) bond motifs is 1. The lowest BCUT2D eigenvalue weighted by Gasteiger charge is -2.37. The van der Waals surface area contributed by atoms with E-state index in [1.54, 1.807) is 0 Å². The van der Waals surface area contributed by atoms with E-state index < -0.39 is 0 Å². The highest BCUT2D eigenvalue weighted by Crippen LogP contribution is 2.37. The molecule has 1 aromatic rings. The number of hydrogen-bond donors (Lipinski definition) is 1. The van der Waals surface area contributed by atoms with Gasteiger partial charge in [0.15, 0.2) is 11.5 Å². The Bertz CT molecular complexity index is 442. The van der Waals surface area contributed by atoms with Gasteiger partial charge < -0.3 is 14.8 Å². The summed E-state index contributed by atoms with van der Waals surface area (Å²) in [5, 5.41) is 3.42. The number of ether oxygens (including phenoxy) is 2. The van der Waals surface area contributed by atoms with Gasteiger partial charge in [0.2, 0.25) is 6.79 Å². The van der Waals surface area contributed by atoms with Gasteiger partial charge >= 0.3 is 0 Å². The molecule has 2 aliphatic rings. The Hall–Kier alpha value is -1.26. The molecule has 0 aromatic heterocycles. The van der Waals surface area contributed by atoms with E-state index in [-0.39, 0.29) is 0 Å². The third kappa shape index (κ3) is 2.55. The lowest BCUT2D eigenvalue weighted by Crippen LogP contribution is -2.46. The molecule has 19 heavy (non-hydrogen) atoms. The third-order valence-electron chi connectivity index (χ3n) is 3.91. The second kappa shape index (κ2) is 5.39. The summed E-state index contributed by atoms with van der Waals surface area (Å²) in [4.78, 5) is 2.57. The van der Waals surface area contributed by atoms with E-state index in [2.05, 4.69) is 36.2 Å². The second-order valence-corrected chi connectivity index (χ2v) is 5.59. The second-order valence-electron chi connectivity index (χ2n) is 5.59. The van der Waals surface area contributed by atoms with E-state index in [0.29, 0.717) is 18.8 Å². The normalized spacial score (nSPS) is 20.8. The third-order valence-corrected chi connectivity index (χ3v) is 3.91. The fourth-order valence-electron chi connectivity index (χ4n) is 3.07. The molecule has 0 aliphatic carbocycles. The van der Waals surface area contributed by atoms with Crippen LogP contribution in [0.1, 0.15) is 25.5 Å². The van der Waals surface area contributed by atoms with Crippen molar-refractivity contribution in [2.75, 3.05) is 33.0 Å². The predicted octanol–water partition coefficient (Wildman–Crippen LogP) is 2.02. The van der Waals surface area contributed by atoms with Gasteiger partial charge in [-0.1, -0.05) is 19.9 Å². The van der Waals surface area contributed by atoms with E-state index in [1.807, 2.05) is 6.07 Å². The largest absolute Gasteiger partial charge is 0.454 e. The van der Waals surface area contributed by atoms with Gasteiger partial charge in [0, 0.05) is 32.2 Å². The van der Waals surface area contributed by atoms with Crippen LogP contribution in [0.3, 0.4) is 0 Å². The lowest BCUT2D eigenvalue weighted by molar-refractivity contribution is 0.137. The Morgan fingerprint density at radius 1 is 1.11 bits per heavy atom. The van der Waals surface area contributed by atoms with Crippen molar-refractivity contribution >= 4 is 0 Å². The Morgan fingerprint density at radius 3 is 2.58 bits per heavy atom. The summed E-state index contributed by atoms with van der Waals surface area (Å²) in [6.45, 7) is 9.30. The quantitative estimate of drug-likeness (QED) is 0.903. The van der Waals surface area contributed by atoms with Crippen LogP contribution in [-0.2, 0) is 0 Å². The molecule has 1 unspecified atom stereocenters. The van der Waals surface area contributed by atoms with Gasteiger partial charge in [-0.15, -0.1) is 0 Å². The van der Waals surface area contributed by atoms with E-state index in [9.17, 15) is 0 Å². The van der Waals surface area contributed by atoms with E-state index in [1.165, 1.54) is 5.56 Å². The number of nitrogens with one attached hydrogen (secondary N) is 1. The van der Waals surface area contributed by atoms with Crippen molar-refractivity contribution in [3.63, 3.8) is 0 Å². The molecule has 104 valence electrons. The maximum atomic E-state index is 5.50. The summed E-state index contributed by atoms with van der Waals surface area (Å²) >= 11 is 0. The summed E-state index contributed by atoms with van der Waals surface area (Å²) < 4.78 is 10.9. The van der Waals surface area contributed by atoms with Crippen LogP contribution in [0, 0.1) is 5.92 Å². The highest BCUT2D eigenvalue weighted by atomic mass is 16.7. The number of benzene rings is 1. The first-order valence-corrected chi connectivity index (χ1v) is 7.10. The first-order valence-electron chi connectivity index (χ1n) is 7.10. The van der Waals surface area contributed by atoms with Gasteiger partial charge in [0.05, 0.1) is 0 Å². The van der Waals surface area contributed by atoms with Gasteiger partial charge in [-0.25, -0.2) is 0 Å². The molecule has 2 aliphatic heterocycles. The summed E-state index contributed by atoms with van der Waals surface area (Å²) in [6, 6.07) is 6.82. The summed E-state index contributed by atoms with van der Waals surface area (Å²) in [5.74, 6) is 2.34. The Kier molecular flexibility index (Phi) is 3.62. The highest BCUT2D eigenvalue weighted by Gasteiger charge is 2.26. The van der Waals surface area contributed by atoms with Gasteiger partial charge in [-0.2, -0.15) is 0 Å². The molecule has 1 aromatic carbocycles. The molecule has 0 radical (unpaired) electrons. The standard InChI is InChI=1S/C15H22N2O2/c1-11(2)15(17-7-5-16-6-8-17)12-3-4-13-14(9-12)19-10-18-13/h3-4,9,11,15-16H,5-8,10H2,1-2H3. The van der Waals surface area contributed by atoms with Crippen LogP contribution in [0.4, 0.5) is 0 Å². The van der Waals surface area contributed by atoms with Crippen molar-refractivity contribution in [1.29, 1.82) is 0 Å². The highest BCUT2D eigenvalue weighted by molar-refractivity contribution is 5.45. The summed E-state index contributed by atoms with van der Waals surface area (Å²) in [6.07, 6.45) is 0. The maximum absolute atomic E-state index is 5.50. The monoisotopic (exact) mass is 262 g/mol. The molecule has 0 saturated carbocycles. The average molecular weight is 262 g/mol. The molecule has 0 bridgehead atoms. The minimum atomic E-state index is 0.346. The van der Waals surface area contributed by atoms with Gasteiger partial charge in [-0.05, 0) is 23.6 Å². The average Bonchev–Trinajstić information content (AvgIpc) is 2.87. The fraction of sp³-hybridized carbons (Fsp3) is 0.600. The zero-order valence-corrected chi connectivity index (χ0v) is 11.7. The van der Waals surface area contributed by atoms with Crippen LogP contribution in [0.2, 0.25) is 0 Å². The number of nitrogens with zero attached hydrogens (tertiary/aromatic N) is 1. The predicted molar refractivity (Wildman–Crippen MR) is 74.6 cm³/mol. The van der Waals surface area contributed by atoms with Crippen molar-refractivity contribution in [3.8, 4) is 11.5 Å². The van der Waals surface area contributed by atoms with Gasteiger partial charge in [0.25, 0.3) is 0 Å². The molecular weight excluding hydrogens is 240 g/mol. The van der Waals surface area contributed by atoms with Crippen LogP contribution < -0.4 is 14.8 Å². The number of rotatable bonds is 3. The van der Waals surface area contributed by atoms with Crippen LogP contribution in [0.25, 0.3) is 0 Å². The van der Waals surface area contributed by atoms with E-state index in [0.717, 1.165) is 37.7 Å². The molecule has 1 fully saturated rings. The molecule has 1 saturated heterocycles. The molecule has 1 N–H and O–H groups in total. The number of piperazine rings is 1. The zero-order valence-electron chi connectivity index (χ0n) is 11.7. The molecule has 2 heterocycles. The minimum Gasteiger partial charge on any atom is -0.454 e. The molecule has 1 atom stereocenters. The molecule has 4 heteroatoms. The number of hydrogen-bond acceptors (Lipinski definition) is 4. The first-order chi connectivity index (χ1) is 9.25. The molecule has 0 spiro atoms. The Balaban J connectivity index is 1.87. The van der Waals surface area contributed by atoms with Crippen molar-refractivity contribution in [3.05, 3.63) is 23.8 Å².